The van der Waals surface area contributed by atoms with Gasteiger partial charge in [-0.3, -0.25) is 9.48 Å². The average Bonchev–Trinajstić information content (AvgIpc) is 3.39. The van der Waals surface area contributed by atoms with Crippen LogP contribution in [-0.4, -0.2) is 32.3 Å². The van der Waals surface area contributed by atoms with E-state index in [0.29, 0.717) is 27.6 Å². The van der Waals surface area contributed by atoms with E-state index in [2.05, 4.69) is 15.3 Å². The van der Waals surface area contributed by atoms with Gasteiger partial charge in [0, 0.05) is 37.0 Å². The third kappa shape index (κ3) is 3.50. The molecule has 0 aliphatic heterocycles. The largest absolute Gasteiger partial charge is 0.486 e. The highest BCUT2D eigenvalue weighted by atomic mass is 35.5. The number of nitriles is 1. The lowest BCUT2D eigenvalue weighted by Crippen LogP contribution is -2.13. The SMILES string of the molecule is Cn1ncc(-c2ccc3c(=O)[nH]nc(CN)c3c2)c1-c1c(F)c(Cl)cc(O[C@@H]2C[C@@H]2F)c1C#N. The smallest absolute Gasteiger partial charge is 0.272 e. The molecule has 3 N–H and O–H groups in total. The first-order chi connectivity index (χ1) is 16.3. The number of alkyl halides is 1. The van der Waals surface area contributed by atoms with Gasteiger partial charge in [0.15, 0.2) is 5.82 Å². The van der Waals surface area contributed by atoms with Crippen LogP contribution in [0.25, 0.3) is 33.2 Å². The molecule has 1 saturated carbocycles. The number of nitrogens with one attached hydrogen (secondary N) is 1. The van der Waals surface area contributed by atoms with Gasteiger partial charge in [0.1, 0.15) is 29.7 Å². The number of fused-ring (bicyclic) bond motifs is 1. The van der Waals surface area contributed by atoms with E-state index in [0.717, 1.165) is 0 Å². The molecule has 5 rings (SSSR count). The fraction of sp³-hybridized carbons (Fsp3) is 0.217. The van der Waals surface area contributed by atoms with Crippen molar-refractivity contribution in [2.45, 2.75) is 25.2 Å². The summed E-state index contributed by atoms with van der Waals surface area (Å²) in [7, 11) is 1.60. The van der Waals surface area contributed by atoms with E-state index in [1.54, 1.807) is 25.2 Å². The molecule has 0 unspecified atom stereocenters. The van der Waals surface area contributed by atoms with Crippen LogP contribution in [0.5, 0.6) is 5.75 Å². The maximum absolute atomic E-state index is 15.4. The molecule has 1 fully saturated rings. The number of ether oxygens (including phenoxy) is 1. The molecule has 2 aromatic carbocycles. The molecule has 34 heavy (non-hydrogen) atoms. The molecule has 2 aromatic heterocycles. The molecule has 0 spiro atoms. The molecular formula is C23H17ClF2N6O2. The lowest BCUT2D eigenvalue weighted by Gasteiger charge is -2.15. The number of nitrogens with zero attached hydrogens (tertiary/aromatic N) is 4. The number of hydrogen-bond donors (Lipinski definition) is 2. The Morgan fingerprint density at radius 1 is 1.38 bits per heavy atom. The Hall–Kier alpha value is -3.81. The molecule has 1 aliphatic rings. The molecule has 172 valence electrons. The Morgan fingerprint density at radius 2 is 2.15 bits per heavy atom. The number of benzene rings is 2. The van der Waals surface area contributed by atoms with Gasteiger partial charge in [-0.15, -0.1) is 0 Å². The highest BCUT2D eigenvalue weighted by Gasteiger charge is 2.41. The highest BCUT2D eigenvalue weighted by Crippen LogP contribution is 2.43. The van der Waals surface area contributed by atoms with Crippen molar-refractivity contribution in [2.75, 3.05) is 0 Å². The molecule has 4 aromatic rings. The lowest BCUT2D eigenvalue weighted by molar-refractivity contribution is 0.260. The molecule has 0 radical (unpaired) electrons. The first-order valence-corrected chi connectivity index (χ1v) is 10.7. The molecule has 0 amide bonds. The van der Waals surface area contributed by atoms with Gasteiger partial charge in [0.25, 0.3) is 5.56 Å². The summed E-state index contributed by atoms with van der Waals surface area (Å²) in [6.07, 6.45) is -0.134. The summed E-state index contributed by atoms with van der Waals surface area (Å²) < 4.78 is 35.8. The molecule has 0 bridgehead atoms. The van der Waals surface area contributed by atoms with E-state index in [4.69, 9.17) is 22.1 Å². The molecule has 0 saturated heterocycles. The van der Waals surface area contributed by atoms with E-state index in [9.17, 15) is 14.4 Å². The second-order valence-electron chi connectivity index (χ2n) is 7.93. The maximum Gasteiger partial charge on any atom is 0.272 e. The number of halogens is 3. The van der Waals surface area contributed by atoms with Crippen molar-refractivity contribution in [1.82, 2.24) is 20.0 Å². The minimum absolute atomic E-state index is 0.000799. The number of H-pyrrole nitrogens is 1. The lowest BCUT2D eigenvalue weighted by atomic mass is 9.95. The first-order valence-electron chi connectivity index (χ1n) is 10.3. The summed E-state index contributed by atoms with van der Waals surface area (Å²) in [5.74, 6) is -0.828. The van der Waals surface area contributed by atoms with Crippen LogP contribution in [0.15, 0.2) is 35.3 Å². The third-order valence-electron chi connectivity index (χ3n) is 5.78. The van der Waals surface area contributed by atoms with Crippen LogP contribution in [0.2, 0.25) is 5.02 Å². The third-order valence-corrected chi connectivity index (χ3v) is 6.05. The quantitative estimate of drug-likeness (QED) is 0.448. The number of nitrogens with two attached hydrogens (primary N) is 1. The summed E-state index contributed by atoms with van der Waals surface area (Å²) in [4.78, 5) is 12.2. The summed E-state index contributed by atoms with van der Waals surface area (Å²) in [5.41, 5.74) is 7.00. The number of rotatable bonds is 5. The predicted octanol–water partition coefficient (Wildman–Crippen LogP) is 3.60. The fourth-order valence-corrected chi connectivity index (χ4v) is 4.14. The Labute approximate surface area is 196 Å². The Morgan fingerprint density at radius 3 is 2.82 bits per heavy atom. The van der Waals surface area contributed by atoms with Crippen molar-refractivity contribution in [3.05, 3.63) is 62.9 Å². The van der Waals surface area contributed by atoms with E-state index >= 15 is 4.39 Å². The Balaban J connectivity index is 1.74. The zero-order valence-electron chi connectivity index (χ0n) is 17.8. The van der Waals surface area contributed by atoms with E-state index < -0.39 is 18.1 Å². The van der Waals surface area contributed by atoms with Crippen molar-refractivity contribution in [2.24, 2.45) is 12.8 Å². The van der Waals surface area contributed by atoms with Crippen LogP contribution in [-0.2, 0) is 13.6 Å². The molecule has 8 nitrogen and oxygen atoms in total. The van der Waals surface area contributed by atoms with E-state index in [-0.39, 0.29) is 46.1 Å². The van der Waals surface area contributed by atoms with Gasteiger partial charge >= 0.3 is 0 Å². The van der Waals surface area contributed by atoms with Crippen LogP contribution in [0, 0.1) is 17.1 Å². The van der Waals surface area contributed by atoms with Crippen LogP contribution in [0.3, 0.4) is 0 Å². The Bertz CT molecular complexity index is 1560. The van der Waals surface area contributed by atoms with Gasteiger partial charge in [-0.1, -0.05) is 17.7 Å². The zero-order valence-corrected chi connectivity index (χ0v) is 18.5. The van der Waals surface area contributed by atoms with Crippen LogP contribution < -0.4 is 16.0 Å². The van der Waals surface area contributed by atoms with Crippen molar-refractivity contribution in [3.8, 4) is 34.2 Å². The predicted molar refractivity (Wildman–Crippen MR) is 122 cm³/mol. The van der Waals surface area contributed by atoms with E-state index in [1.807, 2.05) is 6.07 Å². The molecular weight excluding hydrogens is 466 g/mol. The van der Waals surface area contributed by atoms with Crippen molar-refractivity contribution in [1.29, 1.82) is 5.26 Å². The summed E-state index contributed by atoms with van der Waals surface area (Å²) in [6, 6.07) is 8.16. The van der Waals surface area contributed by atoms with Gasteiger partial charge in [0.2, 0.25) is 0 Å². The molecule has 11 heteroatoms. The minimum Gasteiger partial charge on any atom is -0.486 e. The van der Waals surface area contributed by atoms with Crippen molar-refractivity contribution < 1.29 is 13.5 Å². The second-order valence-corrected chi connectivity index (χ2v) is 8.34. The topological polar surface area (TPSA) is 123 Å². The average molecular weight is 483 g/mol. The Kier molecular flexibility index (Phi) is 5.31. The van der Waals surface area contributed by atoms with Crippen molar-refractivity contribution >= 4 is 22.4 Å². The van der Waals surface area contributed by atoms with Gasteiger partial charge < -0.3 is 10.5 Å². The second kappa shape index (κ2) is 8.20. The monoisotopic (exact) mass is 482 g/mol. The summed E-state index contributed by atoms with van der Waals surface area (Å²) >= 11 is 6.14. The van der Waals surface area contributed by atoms with Crippen LogP contribution in [0.1, 0.15) is 17.7 Å². The number of aromatic nitrogens is 4. The van der Waals surface area contributed by atoms with Crippen LogP contribution >= 0.6 is 11.6 Å². The van der Waals surface area contributed by atoms with Gasteiger partial charge in [-0.2, -0.15) is 15.5 Å². The molecule has 1 aliphatic carbocycles. The van der Waals surface area contributed by atoms with Gasteiger partial charge in [0.05, 0.1) is 33.6 Å². The van der Waals surface area contributed by atoms with E-state index in [1.165, 1.54) is 16.9 Å². The maximum atomic E-state index is 15.4. The summed E-state index contributed by atoms with van der Waals surface area (Å²) in [6.45, 7) is 0.0928. The fourth-order valence-electron chi connectivity index (χ4n) is 3.95. The standard InChI is InChI=1S/C23H17ClF2N6O2/c1-32-22(20-13(7-27)18(5-15(24)21(20)26)34-19-6-16(19)25)14(9-29-32)10-2-3-11-12(4-10)17(8-28)30-31-23(11)33/h2-5,9,16,19H,6,8,28H2,1H3,(H,31,33)/t16-,19+/m0/s1. The normalized spacial score (nSPS) is 17.1. The minimum atomic E-state index is -1.14. The van der Waals surface area contributed by atoms with Crippen molar-refractivity contribution in [3.63, 3.8) is 0 Å². The highest BCUT2D eigenvalue weighted by molar-refractivity contribution is 6.31. The number of aromatic amines is 1. The number of aryl methyl sites for hydroxylation is 1. The summed E-state index contributed by atoms with van der Waals surface area (Å²) in [5, 5.41) is 21.2. The van der Waals surface area contributed by atoms with Gasteiger partial charge in [-0.25, -0.2) is 13.9 Å². The van der Waals surface area contributed by atoms with Crippen LogP contribution in [0.4, 0.5) is 8.78 Å². The zero-order chi connectivity index (χ0) is 24.1. The van der Waals surface area contributed by atoms with Gasteiger partial charge in [-0.05, 0) is 17.7 Å². The first kappa shape index (κ1) is 22.0. The number of hydrogen-bond acceptors (Lipinski definition) is 6. The molecule has 2 atom stereocenters. The molecule has 2 heterocycles.